The predicted octanol–water partition coefficient (Wildman–Crippen LogP) is 7.52. The summed E-state index contributed by atoms with van der Waals surface area (Å²) in [7, 11) is 0. The van der Waals surface area contributed by atoms with Crippen molar-refractivity contribution in [3.8, 4) is 0 Å². The number of rotatable bonds is 24. The minimum atomic E-state index is -1.02. The van der Waals surface area contributed by atoms with Gasteiger partial charge in [0.1, 0.15) is 24.4 Å². The number of piperidine rings is 1. The number of nitrogens with two attached hydrogens (primary N) is 1. The number of esters is 2. The summed E-state index contributed by atoms with van der Waals surface area (Å²) in [6, 6.07) is 8.33. The molecule has 0 radical (unpaired) electrons. The van der Waals surface area contributed by atoms with Crippen molar-refractivity contribution in [1.29, 1.82) is 0 Å². The van der Waals surface area contributed by atoms with E-state index in [4.69, 9.17) is 19.9 Å². The zero-order chi connectivity index (χ0) is 37.5. The lowest BCUT2D eigenvalue weighted by atomic mass is 9.95. The Balaban J connectivity index is 1.93. The highest BCUT2D eigenvalue weighted by molar-refractivity contribution is 5.86. The molecule has 2 rings (SSSR count). The van der Waals surface area contributed by atoms with Crippen LogP contribution < -0.4 is 11.1 Å². The molecule has 0 bridgehead atoms. The number of likely N-dealkylation sites (tertiary alicyclic amines) is 1. The lowest BCUT2D eigenvalue weighted by molar-refractivity contribution is -0.155. The molecule has 1 aromatic carbocycles. The number of hydrogen-bond donors (Lipinski definition) is 2. The third-order valence-corrected chi connectivity index (χ3v) is 9.08. The average Bonchev–Trinajstić information content (AvgIpc) is 3.08. The molecule has 1 saturated heterocycles. The van der Waals surface area contributed by atoms with Crippen molar-refractivity contribution in [3.05, 3.63) is 35.9 Å². The molecule has 1 fully saturated rings. The molecule has 1 aliphatic rings. The average molecular weight is 716 g/mol. The number of hydrogen-bond acceptors (Lipinski definition) is 8. The van der Waals surface area contributed by atoms with Gasteiger partial charge in [-0.25, -0.2) is 9.59 Å². The Morgan fingerprint density at radius 3 is 2.00 bits per heavy atom. The number of unbranched alkanes of at least 4 members (excludes halogenated alkanes) is 10. The lowest BCUT2D eigenvalue weighted by Gasteiger charge is -2.33. The van der Waals surface area contributed by atoms with E-state index in [0.717, 1.165) is 31.2 Å². The Bertz CT molecular complexity index is 1180. The second kappa shape index (κ2) is 24.5. The Morgan fingerprint density at radius 2 is 1.43 bits per heavy atom. The number of benzene rings is 1. The first-order chi connectivity index (χ1) is 24.4. The second-order valence-corrected chi connectivity index (χ2v) is 14.9. The van der Waals surface area contributed by atoms with Crippen LogP contribution in [0.15, 0.2) is 30.3 Å². The minimum Gasteiger partial charge on any atom is -0.461 e. The smallest absolute Gasteiger partial charge is 0.410 e. The van der Waals surface area contributed by atoms with Gasteiger partial charge in [-0.3, -0.25) is 14.4 Å². The molecule has 0 saturated carbocycles. The summed E-state index contributed by atoms with van der Waals surface area (Å²) in [6.07, 6.45) is 13.6. The predicted molar refractivity (Wildman–Crippen MR) is 197 cm³/mol. The summed E-state index contributed by atoms with van der Waals surface area (Å²) in [6.45, 7) is 8.50. The van der Waals surface area contributed by atoms with Crippen LogP contribution in [0.4, 0.5) is 4.79 Å². The van der Waals surface area contributed by atoms with Gasteiger partial charge in [0.25, 0.3) is 0 Å². The molecule has 3 amide bonds. The lowest BCUT2D eigenvalue weighted by Crippen LogP contribution is -2.49. The highest BCUT2D eigenvalue weighted by Crippen LogP contribution is 2.21. The Morgan fingerprint density at radius 1 is 0.843 bits per heavy atom. The van der Waals surface area contributed by atoms with E-state index in [1.807, 2.05) is 30.3 Å². The first-order valence-corrected chi connectivity index (χ1v) is 19.3. The van der Waals surface area contributed by atoms with Crippen LogP contribution in [0, 0.1) is 5.92 Å². The van der Waals surface area contributed by atoms with Crippen molar-refractivity contribution >= 4 is 29.8 Å². The maximum absolute atomic E-state index is 13.5. The highest BCUT2D eigenvalue weighted by Gasteiger charge is 2.33. The van der Waals surface area contributed by atoms with E-state index in [2.05, 4.69) is 12.2 Å². The van der Waals surface area contributed by atoms with Crippen LogP contribution in [0.5, 0.6) is 0 Å². The topological polar surface area (TPSA) is 154 Å². The maximum atomic E-state index is 13.5. The third-order valence-electron chi connectivity index (χ3n) is 9.08. The largest absolute Gasteiger partial charge is 0.461 e. The van der Waals surface area contributed by atoms with E-state index < -0.39 is 47.6 Å². The first-order valence-electron chi connectivity index (χ1n) is 19.3. The van der Waals surface area contributed by atoms with Gasteiger partial charge in [0, 0.05) is 25.4 Å². The number of primary amides is 1. The van der Waals surface area contributed by atoms with Crippen molar-refractivity contribution in [1.82, 2.24) is 10.2 Å². The van der Waals surface area contributed by atoms with Crippen LogP contribution in [0.2, 0.25) is 0 Å². The number of nitrogens with one attached hydrogen (secondary N) is 1. The van der Waals surface area contributed by atoms with Gasteiger partial charge in [0.05, 0.1) is 6.42 Å². The Hall–Kier alpha value is -3.63. The second-order valence-electron chi connectivity index (χ2n) is 14.9. The molecule has 1 aromatic rings. The van der Waals surface area contributed by atoms with Crippen LogP contribution in [0.25, 0.3) is 0 Å². The van der Waals surface area contributed by atoms with Gasteiger partial charge in [0.2, 0.25) is 11.8 Å². The molecule has 0 unspecified atom stereocenters. The van der Waals surface area contributed by atoms with Crippen LogP contribution in [0.3, 0.4) is 0 Å². The van der Waals surface area contributed by atoms with Gasteiger partial charge < -0.3 is 30.2 Å². The SMILES string of the molecule is CCCCCCCCCCCCC[C@@H](CC(N)=O)OC(=O)[C@H](CCCC(=O)OCc1ccccc1)NC(=O)C1CCN(C(=O)OC(C)(C)C)CC1. The van der Waals surface area contributed by atoms with E-state index in [9.17, 15) is 24.0 Å². The molecule has 3 N–H and O–H groups in total. The summed E-state index contributed by atoms with van der Waals surface area (Å²) < 4.78 is 16.7. The van der Waals surface area contributed by atoms with Crippen molar-refractivity contribution in [3.63, 3.8) is 0 Å². The molecule has 2 atom stereocenters. The number of ether oxygens (including phenoxy) is 3. The van der Waals surface area contributed by atoms with Crippen molar-refractivity contribution in [2.45, 2.75) is 168 Å². The molecule has 0 aromatic heterocycles. The van der Waals surface area contributed by atoms with Crippen LogP contribution >= 0.6 is 0 Å². The van der Waals surface area contributed by atoms with Gasteiger partial charge in [-0.05, 0) is 64.9 Å². The third kappa shape index (κ3) is 20.1. The summed E-state index contributed by atoms with van der Waals surface area (Å²) >= 11 is 0. The van der Waals surface area contributed by atoms with Crippen LogP contribution in [0.1, 0.15) is 149 Å². The fourth-order valence-electron chi connectivity index (χ4n) is 6.16. The van der Waals surface area contributed by atoms with E-state index in [0.29, 0.717) is 32.4 Å². The van der Waals surface area contributed by atoms with E-state index >= 15 is 0 Å². The number of nitrogens with zero attached hydrogens (tertiary/aromatic N) is 1. The van der Waals surface area contributed by atoms with E-state index in [1.54, 1.807) is 25.7 Å². The summed E-state index contributed by atoms with van der Waals surface area (Å²) in [5, 5.41) is 2.85. The number of carbonyl (C=O) groups is 5. The summed E-state index contributed by atoms with van der Waals surface area (Å²) in [5.74, 6) is -2.34. The molecule has 0 aliphatic carbocycles. The van der Waals surface area contributed by atoms with Crippen molar-refractivity contribution < 1.29 is 38.2 Å². The fraction of sp³-hybridized carbons (Fsp3) is 0.725. The Labute approximate surface area is 306 Å². The Kier molecular flexibility index (Phi) is 20.9. The fourth-order valence-corrected chi connectivity index (χ4v) is 6.16. The molecule has 1 aliphatic heterocycles. The van der Waals surface area contributed by atoms with E-state index in [1.165, 1.54) is 44.9 Å². The van der Waals surface area contributed by atoms with Crippen LogP contribution in [-0.2, 0) is 40.0 Å². The zero-order valence-corrected chi connectivity index (χ0v) is 31.8. The minimum absolute atomic E-state index is 0.0597. The number of carbonyl (C=O) groups excluding carboxylic acids is 5. The van der Waals surface area contributed by atoms with Gasteiger partial charge in [-0.1, -0.05) is 101 Å². The molecule has 0 spiro atoms. The maximum Gasteiger partial charge on any atom is 0.410 e. The molecule has 1 heterocycles. The quantitative estimate of drug-likeness (QED) is 0.0633. The monoisotopic (exact) mass is 715 g/mol. The standard InChI is InChI=1S/C40H65N3O8/c1-5-6-7-8-9-10-11-12-13-14-18-22-33(29-35(41)44)50-38(47)34(23-19-24-36(45)49-30-31-20-16-15-17-21-31)42-37(46)32-25-27-43(28-26-32)39(48)51-40(2,3)4/h15-17,20-21,32-34H,5-14,18-19,22-30H2,1-4H3,(H2,41,44)(H,42,46)/t33-,34-/m0/s1. The zero-order valence-electron chi connectivity index (χ0n) is 31.8. The van der Waals surface area contributed by atoms with Gasteiger partial charge in [0.15, 0.2) is 0 Å². The van der Waals surface area contributed by atoms with Gasteiger partial charge >= 0.3 is 18.0 Å². The van der Waals surface area contributed by atoms with Crippen LogP contribution in [-0.4, -0.2) is 65.6 Å². The van der Waals surface area contributed by atoms with Gasteiger partial charge in [-0.15, -0.1) is 0 Å². The molecular weight excluding hydrogens is 650 g/mol. The van der Waals surface area contributed by atoms with Crippen molar-refractivity contribution in [2.24, 2.45) is 11.7 Å². The van der Waals surface area contributed by atoms with Gasteiger partial charge in [-0.2, -0.15) is 0 Å². The van der Waals surface area contributed by atoms with Crippen molar-refractivity contribution in [2.75, 3.05) is 13.1 Å². The molecule has 11 nitrogen and oxygen atoms in total. The number of amides is 3. The highest BCUT2D eigenvalue weighted by atomic mass is 16.6. The molecule has 11 heteroatoms. The van der Waals surface area contributed by atoms with E-state index in [-0.39, 0.29) is 38.2 Å². The summed E-state index contributed by atoms with van der Waals surface area (Å²) in [4.78, 5) is 65.4. The molecular formula is C40H65N3O8. The first kappa shape index (κ1) is 43.5. The molecule has 51 heavy (non-hydrogen) atoms. The normalized spacial score (nSPS) is 14.7. The molecule has 288 valence electrons. The summed E-state index contributed by atoms with van der Waals surface area (Å²) in [5.41, 5.74) is 5.77.